The minimum atomic E-state index is -2.21. The first kappa shape index (κ1) is 13.0. The molecule has 18 heavy (non-hydrogen) atoms. The molecule has 1 atom stereocenters. The van der Waals surface area contributed by atoms with E-state index in [0.717, 1.165) is 0 Å². The maximum absolute atomic E-state index is 12.1. The molecule has 2 aromatic carbocycles. The number of carbonyl (C=O) groups is 1. The molecule has 1 N–H and O–H groups in total. The van der Waals surface area contributed by atoms with E-state index in [4.69, 9.17) is 16.2 Å². The Morgan fingerprint density at radius 3 is 2.33 bits per heavy atom. The van der Waals surface area contributed by atoms with Crippen molar-refractivity contribution < 1.29 is 13.6 Å². The molecule has 0 bridgehead atoms. The van der Waals surface area contributed by atoms with Crippen molar-refractivity contribution in [2.45, 2.75) is 4.90 Å². The topological polar surface area (TPSA) is 54.4 Å². The fraction of sp³-hybridized carbons (Fsp3) is 0. The zero-order valence-corrected chi connectivity index (χ0v) is 10.7. The van der Waals surface area contributed by atoms with Gasteiger partial charge in [0.05, 0.1) is 9.92 Å². The predicted molar refractivity (Wildman–Crippen MR) is 70.4 cm³/mol. The molecule has 2 aromatic rings. The molecular weight excluding hydrogens is 272 g/mol. The molecule has 0 aliphatic heterocycles. The van der Waals surface area contributed by atoms with Gasteiger partial charge in [0.2, 0.25) is 0 Å². The maximum Gasteiger partial charge on any atom is 0.193 e. The molecule has 1 unspecified atom stereocenters. The molecule has 5 heteroatoms. The number of hydrogen-bond acceptors (Lipinski definition) is 2. The van der Waals surface area contributed by atoms with Crippen molar-refractivity contribution in [1.82, 2.24) is 0 Å². The first-order chi connectivity index (χ1) is 8.59. The average molecular weight is 281 g/mol. The quantitative estimate of drug-likeness (QED) is 0.694. The Morgan fingerprint density at radius 2 is 1.72 bits per heavy atom. The number of ketones is 1. The number of benzene rings is 2. The molecule has 0 aromatic heterocycles. The van der Waals surface area contributed by atoms with Gasteiger partial charge in [-0.25, -0.2) is 4.21 Å². The van der Waals surface area contributed by atoms with Crippen molar-refractivity contribution in [1.29, 1.82) is 0 Å². The lowest BCUT2D eigenvalue weighted by atomic mass is 10.0. The monoisotopic (exact) mass is 280 g/mol. The molecule has 0 heterocycles. The van der Waals surface area contributed by atoms with E-state index in [1.807, 2.05) is 6.07 Å². The molecule has 3 nitrogen and oxygen atoms in total. The highest BCUT2D eigenvalue weighted by atomic mass is 35.5. The van der Waals surface area contributed by atoms with Gasteiger partial charge in [-0.1, -0.05) is 41.9 Å². The van der Waals surface area contributed by atoms with Gasteiger partial charge in [0.15, 0.2) is 16.9 Å². The van der Waals surface area contributed by atoms with Crippen molar-refractivity contribution >= 4 is 28.5 Å². The third kappa shape index (κ3) is 2.67. The summed E-state index contributed by atoms with van der Waals surface area (Å²) in [4.78, 5) is 12.1. The maximum atomic E-state index is 12.1. The van der Waals surface area contributed by atoms with Gasteiger partial charge in [0.25, 0.3) is 0 Å². The summed E-state index contributed by atoms with van der Waals surface area (Å²) in [5, 5.41) is 0.167. The summed E-state index contributed by atoms with van der Waals surface area (Å²) in [6.45, 7) is 0. The van der Waals surface area contributed by atoms with Crippen molar-refractivity contribution in [3.8, 4) is 0 Å². The van der Waals surface area contributed by atoms with E-state index in [2.05, 4.69) is 0 Å². The van der Waals surface area contributed by atoms with Crippen LogP contribution in [0.3, 0.4) is 0 Å². The third-order valence-electron chi connectivity index (χ3n) is 2.42. The largest absolute Gasteiger partial charge is 0.302 e. The van der Waals surface area contributed by atoms with Crippen molar-refractivity contribution in [2.75, 3.05) is 0 Å². The molecule has 0 radical (unpaired) electrons. The highest BCUT2D eigenvalue weighted by Gasteiger charge is 2.13. The van der Waals surface area contributed by atoms with Crippen LogP contribution in [-0.4, -0.2) is 14.5 Å². The minimum Gasteiger partial charge on any atom is -0.302 e. The van der Waals surface area contributed by atoms with Crippen LogP contribution in [0.4, 0.5) is 0 Å². The van der Waals surface area contributed by atoms with Gasteiger partial charge < -0.3 is 4.55 Å². The van der Waals surface area contributed by atoms with E-state index in [1.54, 1.807) is 24.3 Å². The van der Waals surface area contributed by atoms with Gasteiger partial charge in [0, 0.05) is 11.1 Å². The summed E-state index contributed by atoms with van der Waals surface area (Å²) in [6.07, 6.45) is 0. The first-order valence-corrected chi connectivity index (χ1v) is 6.58. The Morgan fingerprint density at radius 1 is 1.06 bits per heavy atom. The second-order valence-electron chi connectivity index (χ2n) is 3.59. The fourth-order valence-electron chi connectivity index (χ4n) is 1.53. The number of hydrogen-bond donors (Lipinski definition) is 1. The molecular formula is C13H9ClO3S. The van der Waals surface area contributed by atoms with Gasteiger partial charge in [0.1, 0.15) is 0 Å². The minimum absolute atomic E-state index is 0.0402. The summed E-state index contributed by atoms with van der Waals surface area (Å²) in [5.41, 5.74) is 0.859. The fourth-order valence-corrected chi connectivity index (χ4v) is 2.31. The molecule has 0 fully saturated rings. The molecule has 0 aliphatic carbocycles. The van der Waals surface area contributed by atoms with Crippen LogP contribution in [0, 0.1) is 0 Å². The van der Waals surface area contributed by atoms with Crippen molar-refractivity contribution in [3.05, 3.63) is 64.7 Å². The van der Waals surface area contributed by atoms with E-state index < -0.39 is 11.1 Å². The van der Waals surface area contributed by atoms with E-state index in [-0.39, 0.29) is 15.7 Å². The van der Waals surface area contributed by atoms with Crippen LogP contribution < -0.4 is 0 Å². The number of rotatable bonds is 3. The summed E-state index contributed by atoms with van der Waals surface area (Å²) < 4.78 is 20.1. The molecule has 92 valence electrons. The van der Waals surface area contributed by atoms with Crippen LogP contribution in [0.25, 0.3) is 0 Å². The van der Waals surface area contributed by atoms with E-state index in [0.29, 0.717) is 11.1 Å². The van der Waals surface area contributed by atoms with Crippen LogP contribution in [0.1, 0.15) is 15.9 Å². The SMILES string of the molecule is O=C(c1ccccc1)c1ccc(Cl)c(S(=O)O)c1. The van der Waals surface area contributed by atoms with E-state index in [9.17, 15) is 9.00 Å². The highest BCUT2D eigenvalue weighted by molar-refractivity contribution is 7.79. The smallest absolute Gasteiger partial charge is 0.193 e. The van der Waals surface area contributed by atoms with Gasteiger partial charge in [-0.2, -0.15) is 0 Å². The standard InChI is InChI=1S/C13H9ClO3S/c14-11-7-6-10(8-12(11)18(16)17)13(15)9-4-2-1-3-5-9/h1-8H,(H,16,17). The van der Waals surface area contributed by atoms with Crippen LogP contribution >= 0.6 is 11.6 Å². The Labute approximate surface area is 112 Å². The Balaban J connectivity index is 2.44. The third-order valence-corrected chi connectivity index (χ3v) is 3.57. The number of halogens is 1. The molecule has 0 saturated carbocycles. The van der Waals surface area contributed by atoms with Crippen molar-refractivity contribution in [2.24, 2.45) is 0 Å². The van der Waals surface area contributed by atoms with Crippen LogP contribution in [0.5, 0.6) is 0 Å². The van der Waals surface area contributed by atoms with Gasteiger partial charge in [-0.15, -0.1) is 0 Å². The molecule has 0 saturated heterocycles. The number of carbonyl (C=O) groups excluding carboxylic acids is 1. The zero-order valence-electron chi connectivity index (χ0n) is 9.17. The Kier molecular flexibility index (Phi) is 3.91. The molecule has 0 spiro atoms. The van der Waals surface area contributed by atoms with Crippen molar-refractivity contribution in [3.63, 3.8) is 0 Å². The van der Waals surface area contributed by atoms with Crippen LogP contribution in [0.2, 0.25) is 5.02 Å². The summed E-state index contributed by atoms with van der Waals surface area (Å²) in [5.74, 6) is -0.209. The molecule has 0 amide bonds. The summed E-state index contributed by atoms with van der Waals surface area (Å²) in [6, 6.07) is 13.0. The predicted octanol–water partition coefficient (Wildman–Crippen LogP) is 3.15. The second-order valence-corrected chi connectivity index (χ2v) is 4.93. The lowest BCUT2D eigenvalue weighted by Crippen LogP contribution is -2.02. The van der Waals surface area contributed by atoms with Gasteiger partial charge >= 0.3 is 0 Å². The Bertz CT molecular complexity index is 611. The zero-order chi connectivity index (χ0) is 13.1. The van der Waals surface area contributed by atoms with Gasteiger partial charge in [-0.05, 0) is 18.2 Å². The average Bonchev–Trinajstić information content (AvgIpc) is 2.39. The van der Waals surface area contributed by atoms with Gasteiger partial charge in [-0.3, -0.25) is 4.79 Å². The summed E-state index contributed by atoms with van der Waals surface area (Å²) in [7, 11) is 0. The van der Waals surface area contributed by atoms with Crippen LogP contribution in [0.15, 0.2) is 53.4 Å². The lowest BCUT2D eigenvalue weighted by molar-refractivity contribution is 0.103. The Hall–Kier alpha value is -1.49. The van der Waals surface area contributed by atoms with Crippen LogP contribution in [-0.2, 0) is 11.1 Å². The second kappa shape index (κ2) is 5.44. The molecule has 0 aliphatic rings. The normalized spacial score (nSPS) is 12.1. The summed E-state index contributed by atoms with van der Waals surface area (Å²) >= 11 is 3.57. The molecule has 2 rings (SSSR count). The van der Waals surface area contributed by atoms with E-state index >= 15 is 0 Å². The lowest BCUT2D eigenvalue weighted by Gasteiger charge is -2.04. The first-order valence-electron chi connectivity index (χ1n) is 5.10. The highest BCUT2D eigenvalue weighted by Crippen LogP contribution is 2.22. The van der Waals surface area contributed by atoms with E-state index in [1.165, 1.54) is 18.2 Å².